The zero-order chi connectivity index (χ0) is 17.9. The highest BCUT2D eigenvalue weighted by Crippen LogP contribution is 2.10. The number of ether oxygens (including phenoxy) is 2. The molecule has 0 saturated carbocycles. The summed E-state index contributed by atoms with van der Waals surface area (Å²) in [5, 5.41) is 5.75. The number of nitrogens with one attached hydrogen (secondary N) is 4. The third-order valence-electron chi connectivity index (χ3n) is 2.73. The van der Waals surface area contributed by atoms with Crippen molar-refractivity contribution in [1.29, 1.82) is 0 Å². The van der Waals surface area contributed by atoms with Crippen LogP contribution in [0.5, 0.6) is 0 Å². The van der Waals surface area contributed by atoms with E-state index in [0.717, 1.165) is 0 Å². The molecule has 0 aliphatic heterocycles. The molecule has 4 N–H and O–H groups in total. The van der Waals surface area contributed by atoms with Gasteiger partial charge in [-0.05, 0) is 44.3 Å². The van der Waals surface area contributed by atoms with E-state index in [9.17, 15) is 9.59 Å². The van der Waals surface area contributed by atoms with Crippen LogP contribution in [0, 0.1) is 0 Å². The van der Waals surface area contributed by atoms with Gasteiger partial charge in [0, 0.05) is 24.4 Å². The molecule has 2 amide bonds. The van der Waals surface area contributed by atoms with Crippen LogP contribution in [0.25, 0.3) is 0 Å². The molecule has 0 aliphatic carbocycles. The number of hydrogen-bond acceptors (Lipinski definition) is 5. The Bertz CT molecular complexity index is 582. The van der Waals surface area contributed by atoms with Gasteiger partial charge in [0.1, 0.15) is 0 Å². The van der Waals surface area contributed by atoms with Crippen LogP contribution in [0.1, 0.15) is 24.2 Å². The Balaban J connectivity index is 2.53. The average molecular weight is 354 g/mol. The van der Waals surface area contributed by atoms with E-state index in [1.54, 1.807) is 32.2 Å². The number of hydrogen-bond donors (Lipinski definition) is 4. The second kappa shape index (κ2) is 10.4. The van der Waals surface area contributed by atoms with Gasteiger partial charge in [0.2, 0.25) is 0 Å². The average Bonchev–Trinajstić information content (AvgIpc) is 2.53. The fourth-order valence-electron chi connectivity index (χ4n) is 1.76. The molecule has 0 aliphatic rings. The molecular formula is C15H22N4O4S. The van der Waals surface area contributed by atoms with Gasteiger partial charge in [-0.25, -0.2) is 4.79 Å². The standard InChI is InChI=1S/C15H22N4O4S/c1-4-23-15(21)17-12-7-5-6-11(8-12)13(20)18-19-14(24)16-10(2)9-22-3/h5-8,10H,4,9H2,1-3H3,(H,17,21)(H,18,20)(H2,16,19,24)/t10-/m0/s1. The van der Waals surface area contributed by atoms with Crippen LogP contribution in [0.2, 0.25) is 0 Å². The third-order valence-corrected chi connectivity index (χ3v) is 2.95. The first-order chi connectivity index (χ1) is 11.5. The highest BCUT2D eigenvalue weighted by molar-refractivity contribution is 7.80. The summed E-state index contributed by atoms with van der Waals surface area (Å²) < 4.78 is 9.76. The van der Waals surface area contributed by atoms with Crippen molar-refractivity contribution >= 4 is 35.0 Å². The first kappa shape index (κ1) is 19.7. The van der Waals surface area contributed by atoms with Crippen molar-refractivity contribution in [3.8, 4) is 0 Å². The van der Waals surface area contributed by atoms with Crippen LogP contribution in [0.15, 0.2) is 24.3 Å². The lowest BCUT2D eigenvalue weighted by molar-refractivity contribution is 0.0943. The number of carbonyl (C=O) groups excluding carboxylic acids is 2. The highest BCUT2D eigenvalue weighted by atomic mass is 32.1. The molecule has 132 valence electrons. The van der Waals surface area contributed by atoms with Gasteiger partial charge in [0.05, 0.1) is 13.2 Å². The molecule has 0 unspecified atom stereocenters. The first-order valence-electron chi connectivity index (χ1n) is 7.35. The molecule has 1 aromatic rings. The molecule has 9 heteroatoms. The lowest BCUT2D eigenvalue weighted by Gasteiger charge is -2.16. The monoisotopic (exact) mass is 354 g/mol. The molecule has 1 rings (SSSR count). The molecule has 1 aromatic carbocycles. The number of carbonyl (C=O) groups is 2. The van der Waals surface area contributed by atoms with E-state index in [1.165, 1.54) is 6.07 Å². The lowest BCUT2D eigenvalue weighted by atomic mass is 10.2. The summed E-state index contributed by atoms with van der Waals surface area (Å²) in [5.41, 5.74) is 5.88. The Hall–Kier alpha value is -2.39. The Labute approximate surface area is 146 Å². The van der Waals surface area contributed by atoms with E-state index in [2.05, 4.69) is 21.5 Å². The molecule has 0 radical (unpaired) electrons. The maximum absolute atomic E-state index is 12.1. The molecule has 24 heavy (non-hydrogen) atoms. The number of anilines is 1. The summed E-state index contributed by atoms with van der Waals surface area (Å²) in [6.45, 7) is 4.35. The first-order valence-corrected chi connectivity index (χ1v) is 7.76. The van der Waals surface area contributed by atoms with E-state index in [4.69, 9.17) is 21.7 Å². The van der Waals surface area contributed by atoms with Crippen LogP contribution in [0.4, 0.5) is 10.5 Å². The molecule has 0 aromatic heterocycles. The van der Waals surface area contributed by atoms with Crippen molar-refractivity contribution in [2.45, 2.75) is 19.9 Å². The van der Waals surface area contributed by atoms with Crippen LogP contribution in [0.3, 0.4) is 0 Å². The maximum Gasteiger partial charge on any atom is 0.411 e. The van der Waals surface area contributed by atoms with E-state index < -0.39 is 12.0 Å². The SMILES string of the molecule is CCOC(=O)Nc1cccc(C(=O)NNC(=S)N[C@@H](C)COC)c1. The fraction of sp³-hybridized carbons (Fsp3) is 0.400. The van der Waals surface area contributed by atoms with Gasteiger partial charge in [-0.15, -0.1) is 0 Å². The third kappa shape index (κ3) is 7.25. The van der Waals surface area contributed by atoms with Gasteiger partial charge in [-0.3, -0.25) is 21.0 Å². The molecule has 0 bridgehead atoms. The second-order valence-corrected chi connectivity index (χ2v) is 5.24. The fourth-order valence-corrected chi connectivity index (χ4v) is 2.01. The van der Waals surface area contributed by atoms with Crippen LogP contribution in [-0.4, -0.2) is 43.5 Å². The van der Waals surface area contributed by atoms with Crippen molar-refractivity contribution in [2.75, 3.05) is 25.6 Å². The quantitative estimate of drug-likeness (QED) is 0.452. The summed E-state index contributed by atoms with van der Waals surface area (Å²) in [4.78, 5) is 23.5. The predicted octanol–water partition coefficient (Wildman–Crippen LogP) is 1.40. The van der Waals surface area contributed by atoms with E-state index in [0.29, 0.717) is 17.9 Å². The normalized spacial score (nSPS) is 11.1. The smallest absolute Gasteiger partial charge is 0.411 e. The van der Waals surface area contributed by atoms with E-state index >= 15 is 0 Å². The van der Waals surface area contributed by atoms with E-state index in [-0.39, 0.29) is 17.8 Å². The van der Waals surface area contributed by atoms with Crippen LogP contribution in [-0.2, 0) is 9.47 Å². The van der Waals surface area contributed by atoms with Crippen molar-refractivity contribution < 1.29 is 19.1 Å². The van der Waals surface area contributed by atoms with Gasteiger partial charge in [-0.1, -0.05) is 6.07 Å². The Morgan fingerprint density at radius 2 is 2.04 bits per heavy atom. The number of benzene rings is 1. The lowest BCUT2D eigenvalue weighted by Crippen LogP contribution is -2.49. The van der Waals surface area contributed by atoms with Crippen molar-refractivity contribution in [3.63, 3.8) is 0 Å². The van der Waals surface area contributed by atoms with Crippen LogP contribution < -0.4 is 21.5 Å². The van der Waals surface area contributed by atoms with Gasteiger partial charge in [0.25, 0.3) is 5.91 Å². The summed E-state index contributed by atoms with van der Waals surface area (Å²) in [6, 6.07) is 6.44. The minimum Gasteiger partial charge on any atom is -0.450 e. The summed E-state index contributed by atoms with van der Waals surface area (Å²) in [7, 11) is 1.59. The highest BCUT2D eigenvalue weighted by Gasteiger charge is 2.09. The number of hydrazine groups is 1. The topological polar surface area (TPSA) is 101 Å². The van der Waals surface area contributed by atoms with Crippen molar-refractivity contribution in [3.05, 3.63) is 29.8 Å². The zero-order valence-corrected chi connectivity index (χ0v) is 14.7. The minimum atomic E-state index is -0.578. The predicted molar refractivity (Wildman–Crippen MR) is 94.8 cm³/mol. The molecular weight excluding hydrogens is 332 g/mol. The summed E-state index contributed by atoms with van der Waals surface area (Å²) >= 11 is 5.06. The summed E-state index contributed by atoms with van der Waals surface area (Å²) in [6.07, 6.45) is -0.578. The number of rotatable bonds is 6. The Morgan fingerprint density at radius 3 is 2.71 bits per heavy atom. The minimum absolute atomic E-state index is 0.00371. The van der Waals surface area contributed by atoms with Crippen LogP contribution >= 0.6 is 12.2 Å². The molecule has 0 saturated heterocycles. The zero-order valence-electron chi connectivity index (χ0n) is 13.8. The second-order valence-electron chi connectivity index (χ2n) is 4.84. The number of amides is 2. The Morgan fingerprint density at radius 1 is 1.29 bits per heavy atom. The molecule has 1 atom stereocenters. The molecule has 8 nitrogen and oxygen atoms in total. The van der Waals surface area contributed by atoms with Gasteiger partial charge >= 0.3 is 6.09 Å². The molecule has 0 fully saturated rings. The number of methoxy groups -OCH3 is 1. The summed E-state index contributed by atoms with van der Waals surface area (Å²) in [5.74, 6) is -0.397. The van der Waals surface area contributed by atoms with Crippen molar-refractivity contribution in [2.24, 2.45) is 0 Å². The van der Waals surface area contributed by atoms with Gasteiger partial charge in [-0.2, -0.15) is 0 Å². The number of thiocarbonyl (C=S) groups is 1. The molecule has 0 heterocycles. The molecule has 0 spiro atoms. The Kier molecular flexibility index (Phi) is 8.52. The van der Waals surface area contributed by atoms with Crippen molar-refractivity contribution in [1.82, 2.24) is 16.2 Å². The van der Waals surface area contributed by atoms with Gasteiger partial charge < -0.3 is 14.8 Å². The maximum atomic E-state index is 12.1. The van der Waals surface area contributed by atoms with Gasteiger partial charge in [0.15, 0.2) is 5.11 Å². The van der Waals surface area contributed by atoms with E-state index in [1.807, 2.05) is 6.92 Å². The largest absolute Gasteiger partial charge is 0.450 e.